The first-order valence-corrected chi connectivity index (χ1v) is 6.12. The van der Waals surface area contributed by atoms with Crippen molar-refractivity contribution in [2.75, 3.05) is 0 Å². The smallest absolute Gasteiger partial charge is 0.131 e. The molecule has 3 aromatic rings. The van der Waals surface area contributed by atoms with E-state index in [0.29, 0.717) is 0 Å². The molecule has 1 aromatic carbocycles. The number of hydrogen-bond acceptors (Lipinski definition) is 2. The summed E-state index contributed by atoms with van der Waals surface area (Å²) in [5.41, 5.74) is 2.00. The van der Waals surface area contributed by atoms with Crippen molar-refractivity contribution >= 4 is 0 Å². The highest BCUT2D eigenvalue weighted by Gasteiger charge is 2.03. The molecular weight excluding hydrogens is 236 g/mol. The molecule has 3 nitrogen and oxygen atoms in total. The van der Waals surface area contributed by atoms with E-state index < -0.39 is 0 Å². The standard InChI is InChI=1S/C16H14N2O/c1-18-10-8-13(12-18)16-11-15(7-9-17-16)19-14-5-3-2-4-6-14/h2-12H,1H3. The van der Waals surface area contributed by atoms with Gasteiger partial charge in [0, 0.05) is 37.3 Å². The second-order valence-electron chi connectivity index (χ2n) is 4.36. The summed E-state index contributed by atoms with van der Waals surface area (Å²) < 4.78 is 7.80. The summed E-state index contributed by atoms with van der Waals surface area (Å²) in [7, 11) is 1.99. The molecule has 0 atom stereocenters. The third-order valence-electron chi connectivity index (χ3n) is 2.84. The number of pyridine rings is 1. The van der Waals surface area contributed by atoms with Crippen molar-refractivity contribution in [2.24, 2.45) is 7.05 Å². The first-order chi connectivity index (χ1) is 9.31. The molecule has 0 aliphatic carbocycles. The van der Waals surface area contributed by atoms with E-state index in [2.05, 4.69) is 4.98 Å². The third kappa shape index (κ3) is 2.65. The lowest BCUT2D eigenvalue weighted by molar-refractivity contribution is 0.482. The van der Waals surface area contributed by atoms with Gasteiger partial charge in [-0.05, 0) is 24.3 Å². The largest absolute Gasteiger partial charge is 0.457 e. The Labute approximate surface area is 112 Å². The molecule has 0 unspecified atom stereocenters. The first kappa shape index (κ1) is 11.5. The molecule has 0 aliphatic rings. The quantitative estimate of drug-likeness (QED) is 0.705. The molecule has 94 valence electrons. The van der Waals surface area contributed by atoms with Gasteiger partial charge in [-0.25, -0.2) is 0 Å². The molecule has 19 heavy (non-hydrogen) atoms. The Morgan fingerprint density at radius 1 is 1.00 bits per heavy atom. The lowest BCUT2D eigenvalue weighted by atomic mass is 10.2. The Morgan fingerprint density at radius 2 is 1.84 bits per heavy atom. The highest BCUT2D eigenvalue weighted by atomic mass is 16.5. The van der Waals surface area contributed by atoms with Gasteiger partial charge in [0.1, 0.15) is 11.5 Å². The van der Waals surface area contributed by atoms with Crippen LogP contribution in [0.1, 0.15) is 0 Å². The minimum absolute atomic E-state index is 0.792. The van der Waals surface area contributed by atoms with Crippen molar-refractivity contribution in [3.63, 3.8) is 0 Å². The first-order valence-electron chi connectivity index (χ1n) is 6.12. The van der Waals surface area contributed by atoms with Gasteiger partial charge in [-0.2, -0.15) is 0 Å². The minimum Gasteiger partial charge on any atom is -0.457 e. The van der Waals surface area contributed by atoms with Crippen LogP contribution in [0.2, 0.25) is 0 Å². The molecule has 0 amide bonds. The molecular formula is C16H14N2O. The topological polar surface area (TPSA) is 27.1 Å². The molecule has 3 heteroatoms. The molecule has 2 aromatic heterocycles. The molecule has 0 saturated heterocycles. The van der Waals surface area contributed by atoms with Crippen molar-refractivity contribution in [1.29, 1.82) is 0 Å². The van der Waals surface area contributed by atoms with Crippen LogP contribution in [0.25, 0.3) is 11.3 Å². The molecule has 0 bridgehead atoms. The van der Waals surface area contributed by atoms with Crippen LogP contribution in [0.5, 0.6) is 11.5 Å². The van der Waals surface area contributed by atoms with Crippen LogP contribution in [0.4, 0.5) is 0 Å². The van der Waals surface area contributed by atoms with Gasteiger partial charge >= 0.3 is 0 Å². The van der Waals surface area contributed by atoms with E-state index in [1.165, 1.54) is 0 Å². The van der Waals surface area contributed by atoms with Crippen molar-refractivity contribution < 1.29 is 4.74 Å². The zero-order chi connectivity index (χ0) is 13.1. The summed E-state index contributed by atoms with van der Waals surface area (Å²) in [6, 6.07) is 15.6. The number of aromatic nitrogens is 2. The Morgan fingerprint density at radius 3 is 2.58 bits per heavy atom. The Hall–Kier alpha value is -2.55. The normalized spacial score (nSPS) is 10.4. The molecule has 2 heterocycles. The highest BCUT2D eigenvalue weighted by molar-refractivity contribution is 5.60. The van der Waals surface area contributed by atoms with Crippen LogP contribution in [-0.2, 0) is 7.05 Å². The van der Waals surface area contributed by atoms with E-state index in [-0.39, 0.29) is 0 Å². The zero-order valence-corrected chi connectivity index (χ0v) is 10.7. The number of aryl methyl sites for hydroxylation is 1. The summed E-state index contributed by atoms with van der Waals surface area (Å²) in [5.74, 6) is 1.62. The molecule has 0 spiro atoms. The maximum Gasteiger partial charge on any atom is 0.131 e. The third-order valence-corrected chi connectivity index (χ3v) is 2.84. The van der Waals surface area contributed by atoms with Crippen LogP contribution in [0.3, 0.4) is 0 Å². The summed E-state index contributed by atoms with van der Waals surface area (Å²) in [4.78, 5) is 4.37. The van der Waals surface area contributed by atoms with Crippen molar-refractivity contribution in [3.05, 3.63) is 67.1 Å². The lowest BCUT2D eigenvalue weighted by Gasteiger charge is -2.06. The van der Waals surface area contributed by atoms with Crippen molar-refractivity contribution in [1.82, 2.24) is 9.55 Å². The van der Waals surface area contributed by atoms with Crippen LogP contribution in [-0.4, -0.2) is 9.55 Å². The summed E-state index contributed by atoms with van der Waals surface area (Å²) in [5, 5.41) is 0. The number of rotatable bonds is 3. The van der Waals surface area contributed by atoms with Crippen molar-refractivity contribution in [2.45, 2.75) is 0 Å². The maximum absolute atomic E-state index is 5.80. The fourth-order valence-corrected chi connectivity index (χ4v) is 1.91. The van der Waals surface area contributed by atoms with Gasteiger partial charge in [0.05, 0.1) is 5.69 Å². The predicted octanol–water partition coefficient (Wildman–Crippen LogP) is 3.88. The molecule has 0 saturated carbocycles. The van der Waals surface area contributed by atoms with Gasteiger partial charge in [-0.1, -0.05) is 18.2 Å². The SMILES string of the molecule is Cn1ccc(-c2cc(Oc3ccccc3)ccn2)c1. The van der Waals surface area contributed by atoms with Crippen molar-refractivity contribution in [3.8, 4) is 22.8 Å². The van der Waals surface area contributed by atoms with Gasteiger partial charge < -0.3 is 9.30 Å². The Kier molecular flexibility index (Phi) is 3.02. The summed E-state index contributed by atoms with van der Waals surface area (Å²) in [6.45, 7) is 0. The van der Waals surface area contributed by atoms with Gasteiger partial charge in [0.25, 0.3) is 0 Å². The predicted molar refractivity (Wildman–Crippen MR) is 75.2 cm³/mol. The Bertz CT molecular complexity index is 674. The summed E-state index contributed by atoms with van der Waals surface area (Å²) >= 11 is 0. The molecule has 0 aliphatic heterocycles. The van der Waals surface area contributed by atoms with Gasteiger partial charge in [-0.15, -0.1) is 0 Å². The zero-order valence-electron chi connectivity index (χ0n) is 10.7. The number of ether oxygens (including phenoxy) is 1. The highest BCUT2D eigenvalue weighted by Crippen LogP contribution is 2.25. The van der Waals surface area contributed by atoms with Crippen LogP contribution in [0, 0.1) is 0 Å². The average molecular weight is 250 g/mol. The molecule has 0 radical (unpaired) electrons. The second-order valence-corrected chi connectivity index (χ2v) is 4.36. The Balaban J connectivity index is 1.88. The summed E-state index contributed by atoms with van der Waals surface area (Å²) in [6.07, 6.45) is 5.80. The van der Waals surface area contributed by atoms with Crippen LogP contribution in [0.15, 0.2) is 67.1 Å². The minimum atomic E-state index is 0.792. The van der Waals surface area contributed by atoms with Crippen LogP contribution < -0.4 is 4.74 Å². The van der Waals surface area contributed by atoms with E-state index in [4.69, 9.17) is 4.74 Å². The van der Waals surface area contributed by atoms with Crippen LogP contribution >= 0.6 is 0 Å². The van der Waals surface area contributed by atoms with E-state index in [0.717, 1.165) is 22.8 Å². The second kappa shape index (κ2) is 4.98. The van der Waals surface area contributed by atoms with Gasteiger partial charge in [0.2, 0.25) is 0 Å². The number of benzene rings is 1. The van der Waals surface area contributed by atoms with Gasteiger partial charge in [0.15, 0.2) is 0 Å². The molecule has 3 rings (SSSR count). The van der Waals surface area contributed by atoms with Gasteiger partial charge in [-0.3, -0.25) is 4.98 Å². The fourth-order valence-electron chi connectivity index (χ4n) is 1.91. The van der Waals surface area contributed by atoms with E-state index in [9.17, 15) is 0 Å². The number of para-hydroxylation sites is 1. The monoisotopic (exact) mass is 250 g/mol. The number of nitrogens with zero attached hydrogens (tertiary/aromatic N) is 2. The number of hydrogen-bond donors (Lipinski definition) is 0. The molecule has 0 fully saturated rings. The average Bonchev–Trinajstić information content (AvgIpc) is 2.87. The fraction of sp³-hybridized carbons (Fsp3) is 0.0625. The molecule has 0 N–H and O–H groups in total. The van der Waals surface area contributed by atoms with E-state index >= 15 is 0 Å². The maximum atomic E-state index is 5.80. The lowest BCUT2D eigenvalue weighted by Crippen LogP contribution is -1.87. The van der Waals surface area contributed by atoms with E-state index in [1.807, 2.05) is 72.5 Å². The van der Waals surface area contributed by atoms with E-state index in [1.54, 1.807) is 6.20 Å².